The number of furan rings is 1. The fourth-order valence-electron chi connectivity index (χ4n) is 2.41. The van der Waals surface area contributed by atoms with Crippen LogP contribution in [0, 0.1) is 0 Å². The Kier molecular flexibility index (Phi) is 4.30. The second-order valence-corrected chi connectivity index (χ2v) is 6.19. The normalized spacial score (nSPS) is 11.0. The van der Waals surface area contributed by atoms with Gasteiger partial charge in [-0.2, -0.15) is 0 Å². The average molecular weight is 351 g/mol. The van der Waals surface area contributed by atoms with Crippen molar-refractivity contribution in [2.45, 2.75) is 11.6 Å². The van der Waals surface area contributed by atoms with Crippen LogP contribution in [0.4, 0.5) is 0 Å². The molecule has 4 rings (SSSR count). The summed E-state index contributed by atoms with van der Waals surface area (Å²) in [5.74, 6) is -0.200. The lowest BCUT2D eigenvalue weighted by molar-refractivity contribution is -0.141. The Bertz CT molecular complexity index is 1030. The van der Waals surface area contributed by atoms with Crippen LogP contribution in [0.2, 0.25) is 0 Å². The van der Waals surface area contributed by atoms with Crippen molar-refractivity contribution in [3.63, 3.8) is 0 Å². The van der Waals surface area contributed by atoms with Gasteiger partial charge in [-0.15, -0.1) is 0 Å². The molecule has 0 aliphatic rings. The van der Waals surface area contributed by atoms with Crippen molar-refractivity contribution in [2.24, 2.45) is 0 Å². The molecule has 0 saturated heterocycles. The maximum absolute atomic E-state index is 12.0. The largest absolute Gasteiger partial charge is 0.459 e. The lowest BCUT2D eigenvalue weighted by Gasteiger charge is -2.04. The van der Waals surface area contributed by atoms with Crippen molar-refractivity contribution < 1.29 is 13.9 Å². The van der Waals surface area contributed by atoms with E-state index in [0.717, 1.165) is 16.5 Å². The van der Waals surface area contributed by atoms with Crippen LogP contribution in [0.3, 0.4) is 0 Å². The smallest absolute Gasteiger partial charge is 0.316 e. The van der Waals surface area contributed by atoms with Gasteiger partial charge in [-0.25, -0.2) is 9.97 Å². The van der Waals surface area contributed by atoms with Crippen molar-refractivity contribution in [1.29, 1.82) is 0 Å². The van der Waals surface area contributed by atoms with E-state index < -0.39 is 0 Å². The number of para-hydroxylation sites is 1. The summed E-state index contributed by atoms with van der Waals surface area (Å²) in [5, 5.41) is 1.55. The molecular formula is C18H13N3O3S. The highest BCUT2D eigenvalue weighted by Gasteiger charge is 2.15. The van der Waals surface area contributed by atoms with Gasteiger partial charge in [-0.3, -0.25) is 9.78 Å². The molecule has 0 unspecified atom stereocenters. The number of aromatic nitrogens is 3. The number of rotatable bonds is 5. The van der Waals surface area contributed by atoms with Gasteiger partial charge in [0, 0.05) is 11.6 Å². The van der Waals surface area contributed by atoms with Crippen molar-refractivity contribution in [2.75, 3.05) is 5.75 Å². The van der Waals surface area contributed by atoms with Crippen molar-refractivity contribution in [3.05, 3.63) is 60.7 Å². The highest BCUT2D eigenvalue weighted by atomic mass is 32.2. The molecule has 0 aliphatic heterocycles. The number of carbonyl (C=O) groups excluding carboxylic acids is 1. The summed E-state index contributed by atoms with van der Waals surface area (Å²) in [6.45, 7) is 0.157. The van der Waals surface area contributed by atoms with Gasteiger partial charge < -0.3 is 9.15 Å². The van der Waals surface area contributed by atoms with Crippen molar-refractivity contribution >= 4 is 39.8 Å². The summed E-state index contributed by atoms with van der Waals surface area (Å²) in [5.41, 5.74) is 2.79. The number of pyridine rings is 1. The molecule has 124 valence electrons. The highest BCUT2D eigenvalue weighted by Crippen LogP contribution is 2.32. The molecular weight excluding hydrogens is 338 g/mol. The molecule has 0 spiro atoms. The van der Waals surface area contributed by atoms with Crippen LogP contribution in [0.5, 0.6) is 0 Å². The first-order chi connectivity index (χ1) is 12.3. The zero-order valence-corrected chi connectivity index (χ0v) is 13.9. The van der Waals surface area contributed by atoms with Crippen LogP contribution >= 0.6 is 11.8 Å². The van der Waals surface area contributed by atoms with Gasteiger partial charge in [-0.05, 0) is 24.3 Å². The Balaban J connectivity index is 1.46. The maximum Gasteiger partial charge on any atom is 0.316 e. The third-order valence-electron chi connectivity index (χ3n) is 3.56. The Morgan fingerprint density at radius 3 is 2.84 bits per heavy atom. The van der Waals surface area contributed by atoms with Gasteiger partial charge in [-0.1, -0.05) is 30.0 Å². The third-order valence-corrected chi connectivity index (χ3v) is 4.50. The van der Waals surface area contributed by atoms with E-state index in [1.807, 2.05) is 42.5 Å². The molecule has 0 fully saturated rings. The third kappa shape index (κ3) is 3.32. The molecule has 1 aromatic carbocycles. The fourth-order valence-corrected chi connectivity index (χ4v) is 3.14. The summed E-state index contributed by atoms with van der Waals surface area (Å²) in [7, 11) is 0. The van der Waals surface area contributed by atoms with Crippen LogP contribution in [0.15, 0.2) is 64.4 Å². The molecule has 0 N–H and O–H groups in total. The van der Waals surface area contributed by atoms with E-state index in [1.165, 1.54) is 18.1 Å². The molecule has 3 heterocycles. The summed E-state index contributed by atoms with van der Waals surface area (Å²) in [6, 6.07) is 13.1. The summed E-state index contributed by atoms with van der Waals surface area (Å²) in [6.07, 6.45) is 3.14. The Hall–Kier alpha value is -2.93. The predicted molar refractivity (Wildman–Crippen MR) is 94.1 cm³/mol. The van der Waals surface area contributed by atoms with Gasteiger partial charge in [0.05, 0.1) is 11.4 Å². The van der Waals surface area contributed by atoms with Gasteiger partial charge in [0.1, 0.15) is 29.1 Å². The van der Waals surface area contributed by atoms with Crippen LogP contribution < -0.4 is 0 Å². The average Bonchev–Trinajstić information content (AvgIpc) is 3.05. The van der Waals surface area contributed by atoms with Gasteiger partial charge in [0.2, 0.25) is 0 Å². The minimum Gasteiger partial charge on any atom is -0.459 e. The number of nitrogens with zero attached hydrogens (tertiary/aromatic N) is 3. The van der Waals surface area contributed by atoms with E-state index in [2.05, 4.69) is 15.0 Å². The SMILES string of the molecule is O=C(CSc1ncnc2c1oc1ccccc12)OCc1ccccn1. The second-order valence-electron chi connectivity index (χ2n) is 5.23. The van der Waals surface area contributed by atoms with E-state index in [0.29, 0.717) is 16.3 Å². The molecule has 7 heteroatoms. The first kappa shape index (κ1) is 15.6. The molecule has 0 bridgehead atoms. The lowest BCUT2D eigenvalue weighted by Crippen LogP contribution is -2.08. The monoisotopic (exact) mass is 351 g/mol. The van der Waals surface area contributed by atoms with Gasteiger partial charge in [0.25, 0.3) is 0 Å². The number of thioether (sulfide) groups is 1. The fraction of sp³-hybridized carbons (Fsp3) is 0.111. The molecule has 0 atom stereocenters. The standard InChI is InChI=1S/C18H13N3O3S/c22-15(23-9-12-5-3-4-8-19-12)10-25-18-17-16(20-11-21-18)13-6-1-2-7-14(13)24-17/h1-8,11H,9-10H2. The number of hydrogen-bond acceptors (Lipinski definition) is 7. The molecule has 0 aliphatic carbocycles. The Labute approximate surface area is 147 Å². The Morgan fingerprint density at radius 2 is 1.96 bits per heavy atom. The lowest BCUT2D eigenvalue weighted by atomic mass is 10.2. The molecule has 0 saturated carbocycles. The van der Waals surface area contributed by atoms with Crippen LogP contribution in [-0.4, -0.2) is 26.7 Å². The predicted octanol–water partition coefficient (Wildman–Crippen LogP) is 3.61. The van der Waals surface area contributed by atoms with Crippen LogP contribution in [-0.2, 0) is 16.1 Å². The van der Waals surface area contributed by atoms with Gasteiger partial charge in [0.15, 0.2) is 5.58 Å². The minimum absolute atomic E-state index is 0.135. The van der Waals surface area contributed by atoms with E-state index in [-0.39, 0.29) is 18.3 Å². The molecule has 3 aromatic heterocycles. The maximum atomic E-state index is 12.0. The first-order valence-corrected chi connectivity index (χ1v) is 8.60. The Morgan fingerprint density at radius 1 is 1.08 bits per heavy atom. The minimum atomic E-state index is -0.335. The van der Waals surface area contributed by atoms with E-state index >= 15 is 0 Å². The first-order valence-electron chi connectivity index (χ1n) is 7.62. The number of ether oxygens (including phenoxy) is 1. The van der Waals surface area contributed by atoms with Crippen LogP contribution in [0.25, 0.3) is 22.1 Å². The van der Waals surface area contributed by atoms with E-state index in [9.17, 15) is 4.79 Å². The zero-order valence-electron chi connectivity index (χ0n) is 13.1. The number of carbonyl (C=O) groups is 1. The van der Waals surface area contributed by atoms with Gasteiger partial charge >= 0.3 is 5.97 Å². The topological polar surface area (TPSA) is 78.1 Å². The molecule has 6 nitrogen and oxygen atoms in total. The van der Waals surface area contributed by atoms with E-state index in [1.54, 1.807) is 6.20 Å². The molecule has 25 heavy (non-hydrogen) atoms. The summed E-state index contributed by atoms with van der Waals surface area (Å²) >= 11 is 1.27. The summed E-state index contributed by atoms with van der Waals surface area (Å²) < 4.78 is 11.1. The van der Waals surface area contributed by atoms with Crippen molar-refractivity contribution in [1.82, 2.24) is 15.0 Å². The quantitative estimate of drug-likeness (QED) is 0.309. The second kappa shape index (κ2) is 6.90. The van der Waals surface area contributed by atoms with E-state index in [4.69, 9.17) is 9.15 Å². The number of hydrogen-bond donors (Lipinski definition) is 0. The number of fused-ring (bicyclic) bond motifs is 3. The summed E-state index contributed by atoms with van der Waals surface area (Å²) in [4.78, 5) is 24.6. The molecule has 0 radical (unpaired) electrons. The highest BCUT2D eigenvalue weighted by molar-refractivity contribution is 8.00. The molecule has 0 amide bonds. The molecule has 4 aromatic rings. The number of esters is 1. The number of benzene rings is 1. The van der Waals surface area contributed by atoms with Crippen LogP contribution in [0.1, 0.15) is 5.69 Å². The van der Waals surface area contributed by atoms with Crippen molar-refractivity contribution in [3.8, 4) is 0 Å². The zero-order chi connectivity index (χ0) is 17.1.